The average Bonchev–Trinajstić information content (AvgIpc) is 2.90. The molecular weight excluding hydrogens is 557 g/mol. The topological polar surface area (TPSA) is 119 Å². The van der Waals surface area contributed by atoms with Crippen molar-refractivity contribution in [3.63, 3.8) is 0 Å². The van der Waals surface area contributed by atoms with Crippen molar-refractivity contribution in [2.24, 2.45) is 0 Å². The van der Waals surface area contributed by atoms with Gasteiger partial charge in [0.2, 0.25) is 16.0 Å². The number of halogens is 3. The van der Waals surface area contributed by atoms with Gasteiger partial charge in [0.15, 0.2) is 5.65 Å². The second kappa shape index (κ2) is 11.5. The fraction of sp³-hybridized carbons (Fsp3) is 0.357. The second-order valence-corrected chi connectivity index (χ2v) is 12.1. The van der Waals surface area contributed by atoms with Crippen LogP contribution in [-0.2, 0) is 15.8 Å². The van der Waals surface area contributed by atoms with E-state index < -0.39 is 39.1 Å². The minimum atomic E-state index is -4.01. The van der Waals surface area contributed by atoms with Gasteiger partial charge < -0.3 is 5.32 Å². The molecule has 1 aliphatic rings. The molecule has 2 atom stereocenters. The van der Waals surface area contributed by atoms with Gasteiger partial charge >= 0.3 is 0 Å². The Morgan fingerprint density at radius 3 is 2.51 bits per heavy atom. The zero-order chi connectivity index (χ0) is 29.3. The number of aromatic nitrogens is 4. The van der Waals surface area contributed by atoms with Gasteiger partial charge in [-0.3, -0.25) is 14.1 Å². The van der Waals surface area contributed by atoms with Crippen LogP contribution in [-0.4, -0.2) is 40.2 Å². The molecule has 0 saturated heterocycles. The van der Waals surface area contributed by atoms with Crippen LogP contribution in [0.5, 0.6) is 0 Å². The molecule has 0 amide bonds. The molecule has 13 heteroatoms. The number of nitrogens with zero attached hydrogens (tertiary/aromatic N) is 4. The minimum Gasteiger partial charge on any atom is -0.351 e. The fourth-order valence-corrected chi connectivity index (χ4v) is 6.13. The van der Waals surface area contributed by atoms with Crippen LogP contribution in [0.1, 0.15) is 51.1 Å². The third kappa shape index (κ3) is 6.50. The number of anilines is 2. The van der Waals surface area contributed by atoms with E-state index in [1.807, 2.05) is 0 Å². The molecule has 4 aromatic rings. The Morgan fingerprint density at radius 1 is 1.07 bits per heavy atom. The van der Waals surface area contributed by atoms with E-state index in [9.17, 15) is 22.0 Å². The monoisotopic (exact) mass is 586 g/mol. The largest absolute Gasteiger partial charge is 0.351 e. The van der Waals surface area contributed by atoms with Crippen LogP contribution in [0.2, 0.25) is 0 Å². The number of fused-ring (bicyclic) bond motifs is 1. The molecule has 2 aromatic heterocycles. The summed E-state index contributed by atoms with van der Waals surface area (Å²) < 4.78 is 70.8. The molecule has 0 spiro atoms. The van der Waals surface area contributed by atoms with Crippen molar-refractivity contribution in [2.45, 2.75) is 63.5 Å². The van der Waals surface area contributed by atoms with Crippen molar-refractivity contribution in [1.82, 2.24) is 19.5 Å². The van der Waals surface area contributed by atoms with Gasteiger partial charge in [0.05, 0.1) is 17.6 Å². The predicted octanol–water partition coefficient (Wildman–Crippen LogP) is 5.35. The number of hydrogen-bond acceptors (Lipinski definition) is 7. The van der Waals surface area contributed by atoms with Gasteiger partial charge in [0.1, 0.15) is 29.0 Å². The predicted molar refractivity (Wildman–Crippen MR) is 151 cm³/mol. The minimum absolute atomic E-state index is 0.0531. The lowest BCUT2D eigenvalue weighted by Gasteiger charge is -2.25. The Balaban J connectivity index is 1.44. The Bertz CT molecular complexity index is 1750. The van der Waals surface area contributed by atoms with E-state index in [2.05, 4.69) is 25.0 Å². The molecule has 41 heavy (non-hydrogen) atoms. The number of sulfonamides is 1. The molecule has 1 fully saturated rings. The first-order chi connectivity index (χ1) is 19.5. The number of nitrogens with one attached hydrogen (secondary N) is 2. The van der Waals surface area contributed by atoms with Crippen LogP contribution in [0.3, 0.4) is 0 Å². The van der Waals surface area contributed by atoms with Crippen molar-refractivity contribution in [3.05, 3.63) is 76.2 Å². The Labute approximate surface area is 234 Å². The summed E-state index contributed by atoms with van der Waals surface area (Å²) in [7, 11) is -4.01. The van der Waals surface area contributed by atoms with E-state index in [0.717, 1.165) is 31.0 Å². The first-order valence-electron chi connectivity index (χ1n) is 13.2. The highest BCUT2D eigenvalue weighted by molar-refractivity contribution is 7.91. The number of hydrogen-bond donors (Lipinski definition) is 2. The van der Waals surface area contributed by atoms with Gasteiger partial charge in [-0.25, -0.2) is 31.6 Å². The summed E-state index contributed by atoms with van der Waals surface area (Å²) in [5, 5.41) is 3.16. The SMILES string of the molecule is CC(C)n1c(=O)c(-c2ccc(NS(=O)(=O)Cc3ccc(F)cc3)c(F)c2)nc2cnc(N[C@H]3CCC[C@@H](F)C3)nc21. The van der Waals surface area contributed by atoms with E-state index >= 15 is 4.39 Å². The smallest absolute Gasteiger partial charge is 0.278 e. The lowest BCUT2D eigenvalue weighted by atomic mass is 9.94. The number of benzene rings is 2. The van der Waals surface area contributed by atoms with Gasteiger partial charge in [0.25, 0.3) is 5.56 Å². The summed E-state index contributed by atoms with van der Waals surface area (Å²) in [6.45, 7) is 3.60. The summed E-state index contributed by atoms with van der Waals surface area (Å²) in [6.07, 6.45) is 3.03. The summed E-state index contributed by atoms with van der Waals surface area (Å²) >= 11 is 0. The van der Waals surface area contributed by atoms with Crippen molar-refractivity contribution < 1.29 is 21.6 Å². The molecule has 0 aliphatic heterocycles. The molecule has 2 heterocycles. The maximum Gasteiger partial charge on any atom is 0.278 e. The molecular formula is C28H29F3N6O3S. The van der Waals surface area contributed by atoms with Gasteiger partial charge in [-0.1, -0.05) is 18.2 Å². The van der Waals surface area contributed by atoms with Crippen molar-refractivity contribution in [3.8, 4) is 11.3 Å². The highest BCUT2D eigenvalue weighted by Crippen LogP contribution is 2.26. The van der Waals surface area contributed by atoms with Crippen LogP contribution < -0.4 is 15.6 Å². The quantitative estimate of drug-likeness (QED) is 0.286. The average molecular weight is 587 g/mol. The third-order valence-electron chi connectivity index (χ3n) is 6.87. The van der Waals surface area contributed by atoms with Crippen molar-refractivity contribution >= 4 is 32.8 Å². The van der Waals surface area contributed by atoms with Crippen LogP contribution in [0, 0.1) is 11.6 Å². The standard InChI is InChI=1S/C28H29F3N6O3S/c1-16(2)37-26-24(14-32-28(35-26)33-21-5-3-4-20(30)13-21)34-25(27(37)38)18-8-11-23(22(31)12-18)36-41(39,40)15-17-6-9-19(29)10-7-17/h6-12,14,16,20-21,36H,3-5,13,15H2,1-2H3,(H,32,33,35)/t20-,21+/m1/s1. The normalized spacial score (nSPS) is 17.6. The molecule has 1 saturated carbocycles. The van der Waals surface area contributed by atoms with Gasteiger partial charge in [-0.2, -0.15) is 4.98 Å². The van der Waals surface area contributed by atoms with Crippen molar-refractivity contribution in [2.75, 3.05) is 10.0 Å². The maximum absolute atomic E-state index is 15.1. The molecule has 9 nitrogen and oxygen atoms in total. The second-order valence-electron chi connectivity index (χ2n) is 10.4. The van der Waals surface area contributed by atoms with Crippen LogP contribution >= 0.6 is 0 Å². The lowest BCUT2D eigenvalue weighted by molar-refractivity contribution is 0.239. The zero-order valence-electron chi connectivity index (χ0n) is 22.4. The highest BCUT2D eigenvalue weighted by Gasteiger charge is 2.23. The van der Waals surface area contributed by atoms with Gasteiger partial charge in [-0.15, -0.1) is 0 Å². The van der Waals surface area contributed by atoms with E-state index in [1.165, 1.54) is 35.0 Å². The van der Waals surface area contributed by atoms with Crippen molar-refractivity contribution in [1.29, 1.82) is 0 Å². The van der Waals surface area contributed by atoms with E-state index in [-0.39, 0.29) is 40.6 Å². The molecule has 0 radical (unpaired) electrons. The Kier molecular flexibility index (Phi) is 7.98. The lowest BCUT2D eigenvalue weighted by Crippen LogP contribution is -2.30. The van der Waals surface area contributed by atoms with Gasteiger partial charge in [0, 0.05) is 17.6 Å². The number of alkyl halides is 1. The molecule has 216 valence electrons. The van der Waals surface area contributed by atoms with Gasteiger partial charge in [-0.05, 0) is 69.4 Å². The fourth-order valence-electron chi connectivity index (χ4n) is 4.93. The Hall–Kier alpha value is -4.00. The van der Waals surface area contributed by atoms with E-state index in [0.29, 0.717) is 23.9 Å². The van der Waals surface area contributed by atoms with Crippen LogP contribution in [0.25, 0.3) is 22.4 Å². The molecule has 2 N–H and O–H groups in total. The van der Waals surface area contributed by atoms with E-state index in [4.69, 9.17) is 0 Å². The first kappa shape index (κ1) is 28.5. The highest BCUT2D eigenvalue weighted by atomic mass is 32.2. The summed E-state index contributed by atoms with van der Waals surface area (Å²) in [4.78, 5) is 26.8. The maximum atomic E-state index is 15.1. The summed E-state index contributed by atoms with van der Waals surface area (Å²) in [5.41, 5.74) is 0.184. The van der Waals surface area contributed by atoms with E-state index in [1.54, 1.807) is 13.8 Å². The molecule has 0 unspecified atom stereocenters. The zero-order valence-corrected chi connectivity index (χ0v) is 23.3. The summed E-state index contributed by atoms with van der Waals surface area (Å²) in [6, 6.07) is 8.13. The third-order valence-corrected chi connectivity index (χ3v) is 8.11. The van der Waals surface area contributed by atoms with Crippen LogP contribution in [0.15, 0.2) is 53.5 Å². The molecule has 1 aliphatic carbocycles. The number of rotatable bonds is 8. The Morgan fingerprint density at radius 2 is 1.83 bits per heavy atom. The first-order valence-corrected chi connectivity index (χ1v) is 14.9. The molecule has 5 rings (SSSR count). The van der Waals surface area contributed by atoms with Crippen LogP contribution in [0.4, 0.5) is 24.8 Å². The molecule has 2 aromatic carbocycles. The summed E-state index contributed by atoms with van der Waals surface area (Å²) in [5.74, 6) is -1.62. The molecule has 0 bridgehead atoms.